The first kappa shape index (κ1) is 13.2. The van der Waals surface area contributed by atoms with Crippen LogP contribution in [-0.4, -0.2) is 36.5 Å². The summed E-state index contributed by atoms with van der Waals surface area (Å²) < 4.78 is 5.41. The summed E-state index contributed by atoms with van der Waals surface area (Å²) in [6.07, 6.45) is 2.87. The molecule has 106 valence electrons. The molecule has 3 rings (SSSR count). The first-order valence-electron chi connectivity index (χ1n) is 7.15. The Morgan fingerprint density at radius 3 is 2.75 bits per heavy atom. The molecule has 4 nitrogen and oxygen atoms in total. The second-order valence-electron chi connectivity index (χ2n) is 5.44. The van der Waals surface area contributed by atoms with Crippen molar-refractivity contribution in [3.8, 4) is 0 Å². The van der Waals surface area contributed by atoms with Crippen molar-refractivity contribution in [3.63, 3.8) is 0 Å². The number of nitrogens with zero attached hydrogens (tertiary/aromatic N) is 2. The zero-order valence-corrected chi connectivity index (χ0v) is 12.1. The van der Waals surface area contributed by atoms with Crippen molar-refractivity contribution in [2.24, 2.45) is 0 Å². The van der Waals surface area contributed by atoms with Crippen LogP contribution in [0.1, 0.15) is 22.3 Å². The summed E-state index contributed by atoms with van der Waals surface area (Å²) in [5, 5.41) is 7.37. The molecule has 2 heterocycles. The lowest BCUT2D eigenvalue weighted by atomic mass is 10.0. The van der Waals surface area contributed by atoms with E-state index in [4.69, 9.17) is 4.74 Å². The molecule has 1 aliphatic heterocycles. The lowest BCUT2D eigenvalue weighted by molar-refractivity contribution is 0.122. The van der Waals surface area contributed by atoms with Crippen LogP contribution in [0.25, 0.3) is 0 Å². The molecule has 0 unspecified atom stereocenters. The Hall–Kier alpha value is -1.81. The van der Waals surface area contributed by atoms with Gasteiger partial charge in [-0.3, -0.25) is 5.10 Å². The predicted octanol–water partition coefficient (Wildman–Crippen LogP) is 2.45. The lowest BCUT2D eigenvalue weighted by Crippen LogP contribution is -2.37. The maximum Gasteiger partial charge on any atom is 0.127 e. The van der Waals surface area contributed by atoms with E-state index in [1.54, 1.807) is 0 Å². The molecule has 1 fully saturated rings. The van der Waals surface area contributed by atoms with Crippen LogP contribution in [0.4, 0.5) is 5.82 Å². The van der Waals surface area contributed by atoms with E-state index in [0.717, 1.165) is 38.5 Å². The number of aromatic amines is 1. The van der Waals surface area contributed by atoms with Crippen LogP contribution >= 0.6 is 0 Å². The first-order valence-corrected chi connectivity index (χ1v) is 7.15. The molecule has 0 amide bonds. The first-order chi connectivity index (χ1) is 9.74. The Labute approximate surface area is 119 Å². The Bertz CT molecular complexity index is 585. The Morgan fingerprint density at radius 1 is 1.20 bits per heavy atom. The molecule has 0 spiro atoms. The van der Waals surface area contributed by atoms with Gasteiger partial charge in [0.1, 0.15) is 5.82 Å². The Morgan fingerprint density at radius 2 is 2.00 bits per heavy atom. The Kier molecular flexibility index (Phi) is 3.74. The van der Waals surface area contributed by atoms with Crippen LogP contribution in [0, 0.1) is 13.8 Å². The third kappa shape index (κ3) is 2.70. The van der Waals surface area contributed by atoms with Gasteiger partial charge in [-0.15, -0.1) is 0 Å². The van der Waals surface area contributed by atoms with Crippen molar-refractivity contribution in [1.82, 2.24) is 10.2 Å². The number of aromatic nitrogens is 2. The van der Waals surface area contributed by atoms with E-state index in [9.17, 15) is 0 Å². The zero-order valence-electron chi connectivity index (χ0n) is 12.1. The summed E-state index contributed by atoms with van der Waals surface area (Å²) in [7, 11) is 0. The van der Waals surface area contributed by atoms with E-state index in [0.29, 0.717) is 0 Å². The summed E-state index contributed by atoms with van der Waals surface area (Å²) in [6.45, 7) is 7.77. The molecule has 0 saturated carbocycles. The van der Waals surface area contributed by atoms with E-state index >= 15 is 0 Å². The van der Waals surface area contributed by atoms with Crippen LogP contribution in [0.3, 0.4) is 0 Å². The van der Waals surface area contributed by atoms with Crippen molar-refractivity contribution in [2.45, 2.75) is 20.3 Å². The maximum atomic E-state index is 5.41. The molecule has 2 aromatic rings. The number of nitrogens with one attached hydrogen (secondary N) is 1. The van der Waals surface area contributed by atoms with Gasteiger partial charge in [0.05, 0.1) is 19.4 Å². The highest BCUT2D eigenvalue weighted by atomic mass is 16.5. The summed E-state index contributed by atoms with van der Waals surface area (Å²) in [6, 6.07) is 6.67. The number of H-pyrrole nitrogens is 1. The van der Waals surface area contributed by atoms with Crippen molar-refractivity contribution in [1.29, 1.82) is 0 Å². The van der Waals surface area contributed by atoms with Gasteiger partial charge < -0.3 is 9.64 Å². The molecule has 20 heavy (non-hydrogen) atoms. The van der Waals surface area contributed by atoms with Crippen LogP contribution < -0.4 is 4.90 Å². The molecule has 4 heteroatoms. The maximum absolute atomic E-state index is 5.41. The van der Waals surface area contributed by atoms with E-state index in [2.05, 4.69) is 47.1 Å². The third-order valence-electron chi connectivity index (χ3n) is 3.99. The number of morpholine rings is 1. The molecular formula is C16H21N3O. The van der Waals surface area contributed by atoms with Gasteiger partial charge in [0, 0.05) is 25.1 Å². The average Bonchev–Trinajstić information content (AvgIpc) is 2.92. The van der Waals surface area contributed by atoms with Gasteiger partial charge in [0.2, 0.25) is 0 Å². The fourth-order valence-electron chi connectivity index (χ4n) is 2.63. The van der Waals surface area contributed by atoms with Gasteiger partial charge in [-0.2, -0.15) is 5.10 Å². The molecule has 0 aliphatic carbocycles. The van der Waals surface area contributed by atoms with Crippen molar-refractivity contribution >= 4 is 5.82 Å². The van der Waals surface area contributed by atoms with Gasteiger partial charge in [0.25, 0.3) is 0 Å². The number of rotatable bonds is 3. The van der Waals surface area contributed by atoms with Gasteiger partial charge in [0.15, 0.2) is 0 Å². The van der Waals surface area contributed by atoms with Gasteiger partial charge in [-0.25, -0.2) is 0 Å². The van der Waals surface area contributed by atoms with Crippen LogP contribution in [0.15, 0.2) is 24.4 Å². The van der Waals surface area contributed by atoms with Crippen LogP contribution in [0.5, 0.6) is 0 Å². The van der Waals surface area contributed by atoms with Crippen molar-refractivity contribution < 1.29 is 4.74 Å². The number of hydrogen-bond acceptors (Lipinski definition) is 3. The fraction of sp³-hybridized carbons (Fsp3) is 0.438. The molecule has 1 aromatic heterocycles. The number of aryl methyl sites for hydroxylation is 2. The second-order valence-corrected chi connectivity index (χ2v) is 5.44. The minimum atomic E-state index is 0.794. The number of benzene rings is 1. The molecule has 0 bridgehead atoms. The second kappa shape index (κ2) is 5.67. The zero-order chi connectivity index (χ0) is 13.9. The largest absolute Gasteiger partial charge is 0.378 e. The minimum Gasteiger partial charge on any atom is -0.378 e. The van der Waals surface area contributed by atoms with Crippen LogP contribution in [0.2, 0.25) is 0 Å². The standard InChI is InChI=1S/C16H21N3O/c1-12-3-4-14(9-13(12)2)10-15-11-17-18-16(15)19-5-7-20-8-6-19/h3-4,9,11H,5-8,10H2,1-2H3,(H,17,18). The Balaban J connectivity index is 1.80. The van der Waals surface area contributed by atoms with Crippen molar-refractivity contribution in [2.75, 3.05) is 31.2 Å². The van der Waals surface area contributed by atoms with Crippen molar-refractivity contribution in [3.05, 3.63) is 46.6 Å². The summed E-state index contributed by atoms with van der Waals surface area (Å²) >= 11 is 0. The SMILES string of the molecule is Cc1ccc(Cc2cn[nH]c2N2CCOCC2)cc1C. The topological polar surface area (TPSA) is 41.2 Å². The normalized spacial score (nSPS) is 15.6. The molecule has 1 aromatic carbocycles. The van der Waals surface area contributed by atoms with E-state index < -0.39 is 0 Å². The molecule has 0 atom stereocenters. The third-order valence-corrected chi connectivity index (χ3v) is 3.99. The monoisotopic (exact) mass is 271 g/mol. The average molecular weight is 271 g/mol. The highest BCUT2D eigenvalue weighted by Gasteiger charge is 2.16. The summed E-state index contributed by atoms with van der Waals surface area (Å²) in [4.78, 5) is 2.33. The number of anilines is 1. The summed E-state index contributed by atoms with van der Waals surface area (Å²) in [5.74, 6) is 1.14. The molecule has 0 radical (unpaired) electrons. The smallest absolute Gasteiger partial charge is 0.127 e. The van der Waals surface area contributed by atoms with Gasteiger partial charge in [-0.1, -0.05) is 18.2 Å². The molecule has 1 saturated heterocycles. The van der Waals surface area contributed by atoms with E-state index in [1.807, 2.05) is 6.20 Å². The molecule has 1 aliphatic rings. The lowest BCUT2D eigenvalue weighted by Gasteiger charge is -2.28. The molecule has 1 N–H and O–H groups in total. The predicted molar refractivity (Wildman–Crippen MR) is 80.3 cm³/mol. The van der Waals surface area contributed by atoms with E-state index in [1.165, 1.54) is 22.3 Å². The number of hydrogen-bond donors (Lipinski definition) is 1. The molecular weight excluding hydrogens is 250 g/mol. The van der Waals surface area contributed by atoms with Gasteiger partial charge >= 0.3 is 0 Å². The fourth-order valence-corrected chi connectivity index (χ4v) is 2.63. The quantitative estimate of drug-likeness (QED) is 0.932. The summed E-state index contributed by atoms with van der Waals surface area (Å²) in [5.41, 5.74) is 5.28. The van der Waals surface area contributed by atoms with E-state index in [-0.39, 0.29) is 0 Å². The van der Waals surface area contributed by atoms with Crippen LogP contribution in [-0.2, 0) is 11.2 Å². The highest BCUT2D eigenvalue weighted by Crippen LogP contribution is 2.22. The minimum absolute atomic E-state index is 0.794. The van der Waals surface area contributed by atoms with Gasteiger partial charge in [-0.05, 0) is 30.5 Å². The highest BCUT2D eigenvalue weighted by molar-refractivity contribution is 5.48. The number of ether oxygens (including phenoxy) is 1.